The van der Waals surface area contributed by atoms with Gasteiger partial charge < -0.3 is 14.6 Å². The number of hydrogen-bond acceptors (Lipinski definition) is 5. The molecule has 1 N–H and O–H groups in total. The highest BCUT2D eigenvalue weighted by molar-refractivity contribution is 7.16. The van der Waals surface area contributed by atoms with Gasteiger partial charge in [-0.15, -0.1) is 17.8 Å². The van der Waals surface area contributed by atoms with Gasteiger partial charge in [-0.1, -0.05) is 18.1 Å². The molecule has 128 valence electrons. The minimum atomic E-state index is -1.04. The first-order valence-electron chi connectivity index (χ1n) is 7.43. The lowest BCUT2D eigenvalue weighted by Gasteiger charge is -2.10. The Labute approximate surface area is 149 Å². The van der Waals surface area contributed by atoms with Gasteiger partial charge in [0.25, 0.3) is 0 Å². The van der Waals surface area contributed by atoms with Crippen molar-refractivity contribution in [3.63, 3.8) is 0 Å². The van der Waals surface area contributed by atoms with Crippen LogP contribution in [0.15, 0.2) is 36.4 Å². The van der Waals surface area contributed by atoms with E-state index in [0.29, 0.717) is 23.0 Å². The lowest BCUT2D eigenvalue weighted by molar-refractivity contribution is 0.0702. The van der Waals surface area contributed by atoms with Crippen LogP contribution >= 0.6 is 11.3 Å². The van der Waals surface area contributed by atoms with Crippen molar-refractivity contribution in [2.75, 3.05) is 13.2 Å². The van der Waals surface area contributed by atoms with Crippen molar-refractivity contribution < 1.29 is 24.2 Å². The van der Waals surface area contributed by atoms with Crippen LogP contribution in [-0.4, -0.2) is 30.1 Å². The molecule has 0 bridgehead atoms. The predicted octanol–water partition coefficient (Wildman–Crippen LogP) is 3.75. The number of hydrogen-bond donors (Lipinski definition) is 1. The normalized spacial score (nSPS) is 10.4. The molecule has 0 aliphatic rings. The minimum absolute atomic E-state index is 0.130. The zero-order valence-corrected chi connectivity index (χ0v) is 14.3. The fourth-order valence-corrected chi connectivity index (χ4v) is 2.74. The standard InChI is InChI=1S/C19H16O5S/c1-3-11-24-15-8-6-13(12-16(15)23-4-2)5-7-14(20)17-9-10-18(25-17)19(21)22/h1,5-10,12H,4,11H2,2H3,(H,21,22)/b7-5+. The molecule has 25 heavy (non-hydrogen) atoms. The maximum absolute atomic E-state index is 12.1. The van der Waals surface area contributed by atoms with Crippen LogP contribution in [0.25, 0.3) is 6.08 Å². The van der Waals surface area contributed by atoms with Gasteiger partial charge >= 0.3 is 5.97 Å². The van der Waals surface area contributed by atoms with E-state index >= 15 is 0 Å². The number of benzene rings is 1. The summed E-state index contributed by atoms with van der Waals surface area (Å²) in [6, 6.07) is 8.16. The van der Waals surface area contributed by atoms with Crippen LogP contribution in [0.1, 0.15) is 31.8 Å². The van der Waals surface area contributed by atoms with E-state index in [9.17, 15) is 9.59 Å². The van der Waals surface area contributed by atoms with Crippen LogP contribution in [0.4, 0.5) is 0 Å². The highest BCUT2D eigenvalue weighted by Crippen LogP contribution is 2.29. The van der Waals surface area contributed by atoms with Gasteiger partial charge in [-0.3, -0.25) is 4.79 Å². The van der Waals surface area contributed by atoms with Crippen molar-refractivity contribution >= 4 is 29.2 Å². The smallest absolute Gasteiger partial charge is 0.345 e. The molecule has 0 unspecified atom stereocenters. The van der Waals surface area contributed by atoms with E-state index in [2.05, 4.69) is 5.92 Å². The number of carboxylic acids is 1. The second-order valence-electron chi connectivity index (χ2n) is 4.80. The summed E-state index contributed by atoms with van der Waals surface area (Å²) in [5.74, 6) is 2.16. The van der Waals surface area contributed by atoms with Gasteiger partial charge in [0, 0.05) is 0 Å². The Morgan fingerprint density at radius 3 is 2.60 bits per heavy atom. The number of carbonyl (C=O) groups excluding carboxylic acids is 1. The van der Waals surface area contributed by atoms with Crippen molar-refractivity contribution in [2.24, 2.45) is 0 Å². The van der Waals surface area contributed by atoms with Crippen molar-refractivity contribution in [1.82, 2.24) is 0 Å². The Balaban J connectivity index is 2.16. The van der Waals surface area contributed by atoms with Gasteiger partial charge in [-0.05, 0) is 42.8 Å². The van der Waals surface area contributed by atoms with E-state index in [1.54, 1.807) is 24.3 Å². The fourth-order valence-electron chi connectivity index (χ4n) is 1.97. The zero-order chi connectivity index (χ0) is 18.2. The first kappa shape index (κ1) is 18.3. The van der Waals surface area contributed by atoms with Gasteiger partial charge in [0.1, 0.15) is 11.5 Å². The number of allylic oxidation sites excluding steroid dienone is 1. The SMILES string of the molecule is C#CCOc1ccc(/C=C/C(=O)c2ccc(C(=O)O)s2)cc1OCC. The van der Waals surface area contributed by atoms with Crippen LogP contribution in [0.2, 0.25) is 0 Å². The molecule has 1 aromatic carbocycles. The van der Waals surface area contributed by atoms with E-state index < -0.39 is 5.97 Å². The zero-order valence-electron chi connectivity index (χ0n) is 13.5. The molecule has 0 saturated heterocycles. The molecule has 0 fully saturated rings. The molecule has 0 atom stereocenters. The maximum Gasteiger partial charge on any atom is 0.345 e. The third-order valence-electron chi connectivity index (χ3n) is 3.07. The lowest BCUT2D eigenvalue weighted by Crippen LogP contribution is -1.99. The molecule has 0 saturated carbocycles. The molecule has 5 nitrogen and oxygen atoms in total. The molecule has 0 aliphatic carbocycles. The molecule has 1 aromatic heterocycles. The molecule has 0 amide bonds. The molecule has 0 radical (unpaired) electrons. The summed E-state index contributed by atoms with van der Waals surface area (Å²) < 4.78 is 10.9. The van der Waals surface area contributed by atoms with E-state index in [1.807, 2.05) is 6.92 Å². The average Bonchev–Trinajstić information content (AvgIpc) is 3.09. The molecule has 0 spiro atoms. The molecule has 6 heteroatoms. The number of carboxylic acid groups (broad SMARTS) is 1. The van der Waals surface area contributed by atoms with Crippen LogP contribution in [-0.2, 0) is 0 Å². The second kappa shape index (κ2) is 8.71. The quantitative estimate of drug-likeness (QED) is 0.443. The number of aromatic carboxylic acids is 1. The maximum atomic E-state index is 12.1. The lowest BCUT2D eigenvalue weighted by atomic mass is 10.1. The number of thiophene rings is 1. The summed E-state index contributed by atoms with van der Waals surface area (Å²) >= 11 is 0.943. The Bertz CT molecular complexity index is 842. The molecular weight excluding hydrogens is 340 g/mol. The van der Waals surface area contributed by atoms with Crippen molar-refractivity contribution in [3.05, 3.63) is 51.7 Å². The number of carbonyl (C=O) groups is 2. The van der Waals surface area contributed by atoms with Gasteiger partial charge in [0.05, 0.1) is 11.5 Å². The van der Waals surface area contributed by atoms with Crippen LogP contribution < -0.4 is 9.47 Å². The van der Waals surface area contributed by atoms with Crippen LogP contribution in [0.3, 0.4) is 0 Å². The number of rotatable bonds is 8. The van der Waals surface area contributed by atoms with E-state index in [1.165, 1.54) is 18.2 Å². The highest BCUT2D eigenvalue weighted by atomic mass is 32.1. The summed E-state index contributed by atoms with van der Waals surface area (Å²) in [5, 5.41) is 8.90. The van der Waals surface area contributed by atoms with Crippen LogP contribution in [0.5, 0.6) is 11.5 Å². The Hall–Kier alpha value is -3.04. The Kier molecular flexibility index (Phi) is 6.38. The molecule has 0 aliphatic heterocycles. The molecule has 2 rings (SSSR count). The fraction of sp³-hybridized carbons (Fsp3) is 0.158. The highest BCUT2D eigenvalue weighted by Gasteiger charge is 2.11. The average molecular weight is 356 g/mol. The van der Waals surface area contributed by atoms with Crippen LogP contribution in [0, 0.1) is 12.3 Å². The van der Waals surface area contributed by atoms with Gasteiger partial charge in [0.15, 0.2) is 17.3 Å². The molecule has 1 heterocycles. The monoisotopic (exact) mass is 356 g/mol. The van der Waals surface area contributed by atoms with E-state index in [0.717, 1.165) is 16.9 Å². The van der Waals surface area contributed by atoms with Gasteiger partial charge in [-0.2, -0.15) is 0 Å². The molecular formula is C19H16O5S. The third-order valence-corrected chi connectivity index (χ3v) is 4.15. The predicted molar refractivity (Wildman–Crippen MR) is 96.6 cm³/mol. The summed E-state index contributed by atoms with van der Waals surface area (Å²) in [4.78, 5) is 23.5. The third kappa shape index (κ3) is 4.96. The van der Waals surface area contributed by atoms with E-state index in [-0.39, 0.29) is 17.3 Å². The topological polar surface area (TPSA) is 72.8 Å². The summed E-state index contributed by atoms with van der Waals surface area (Å²) in [5.41, 5.74) is 0.750. The largest absolute Gasteiger partial charge is 0.490 e. The number of ketones is 1. The number of ether oxygens (including phenoxy) is 2. The Morgan fingerprint density at radius 1 is 1.20 bits per heavy atom. The summed E-state index contributed by atoms with van der Waals surface area (Å²) in [6.45, 7) is 2.46. The van der Waals surface area contributed by atoms with Gasteiger partial charge in [-0.25, -0.2) is 4.79 Å². The van der Waals surface area contributed by atoms with Crippen molar-refractivity contribution in [2.45, 2.75) is 6.92 Å². The molecule has 2 aromatic rings. The first-order valence-corrected chi connectivity index (χ1v) is 8.25. The first-order chi connectivity index (χ1) is 12.0. The van der Waals surface area contributed by atoms with E-state index in [4.69, 9.17) is 21.0 Å². The summed E-state index contributed by atoms with van der Waals surface area (Å²) in [6.07, 6.45) is 8.21. The van der Waals surface area contributed by atoms with Crippen molar-refractivity contribution in [1.29, 1.82) is 0 Å². The Morgan fingerprint density at radius 2 is 1.96 bits per heavy atom. The second-order valence-corrected chi connectivity index (χ2v) is 5.88. The summed E-state index contributed by atoms with van der Waals surface area (Å²) in [7, 11) is 0. The minimum Gasteiger partial charge on any atom is -0.490 e. The number of terminal acetylenes is 1. The van der Waals surface area contributed by atoms with Crippen molar-refractivity contribution in [3.8, 4) is 23.8 Å². The van der Waals surface area contributed by atoms with Gasteiger partial charge in [0.2, 0.25) is 0 Å².